The summed E-state index contributed by atoms with van der Waals surface area (Å²) in [5.74, 6) is 1.18. The number of hydrogen-bond acceptors (Lipinski definition) is 10. The van der Waals surface area contributed by atoms with Crippen molar-refractivity contribution < 1.29 is 21.6 Å². The fourth-order valence-corrected chi connectivity index (χ4v) is 10.6. The molecule has 3 saturated heterocycles. The van der Waals surface area contributed by atoms with Crippen molar-refractivity contribution >= 4 is 63.0 Å². The van der Waals surface area contributed by atoms with Crippen LogP contribution in [0.15, 0.2) is 24.3 Å². The highest BCUT2D eigenvalue weighted by atomic mass is 32.2. The predicted octanol–water partition coefficient (Wildman–Crippen LogP) is 5.63. The Bertz CT molecular complexity index is 2130. The second-order valence-corrected chi connectivity index (χ2v) is 18.5. The molecule has 1 aromatic carbocycles. The molecule has 4 aromatic rings. The van der Waals surface area contributed by atoms with Gasteiger partial charge in [0.1, 0.15) is 22.4 Å². The molecule has 52 heavy (non-hydrogen) atoms. The van der Waals surface area contributed by atoms with Gasteiger partial charge in [-0.2, -0.15) is 27.7 Å². The number of aromatic nitrogens is 3. The third-order valence-electron chi connectivity index (χ3n) is 11.1. The third kappa shape index (κ3) is 7.63. The first-order valence-corrected chi connectivity index (χ1v) is 21.8. The first kappa shape index (κ1) is 37.3. The van der Waals surface area contributed by atoms with Crippen molar-refractivity contribution in [2.75, 3.05) is 75.3 Å². The van der Waals surface area contributed by atoms with E-state index in [4.69, 9.17) is 4.98 Å². The summed E-state index contributed by atoms with van der Waals surface area (Å²) in [4.78, 5) is 17.2. The Balaban J connectivity index is 1.04. The van der Waals surface area contributed by atoms with E-state index in [1.54, 1.807) is 6.07 Å². The van der Waals surface area contributed by atoms with Gasteiger partial charge in [-0.05, 0) is 78.0 Å². The van der Waals surface area contributed by atoms with E-state index in [2.05, 4.69) is 61.4 Å². The molecule has 0 bridgehead atoms. The number of benzene rings is 1. The number of sulfonamides is 1. The Morgan fingerprint density at radius 1 is 1.08 bits per heavy atom. The quantitative estimate of drug-likeness (QED) is 0.205. The average molecular weight is 776 g/mol. The Morgan fingerprint density at radius 3 is 2.52 bits per heavy atom. The van der Waals surface area contributed by atoms with Crippen LogP contribution in [0.25, 0.3) is 21.1 Å². The summed E-state index contributed by atoms with van der Waals surface area (Å²) in [5, 5.41) is 15.1. The molecule has 280 valence electrons. The molecule has 1 N–H and O–H groups in total. The Morgan fingerprint density at radius 2 is 1.83 bits per heavy atom. The lowest BCUT2D eigenvalue weighted by Gasteiger charge is -2.37. The van der Waals surface area contributed by atoms with Gasteiger partial charge in [-0.15, -0.1) is 11.3 Å². The predicted molar refractivity (Wildman–Crippen MR) is 203 cm³/mol. The largest absolute Gasteiger partial charge is 0.393 e. The van der Waals surface area contributed by atoms with E-state index in [0.29, 0.717) is 63.3 Å². The summed E-state index contributed by atoms with van der Waals surface area (Å²) in [6.07, 6.45) is -1.97. The summed E-state index contributed by atoms with van der Waals surface area (Å²) < 4.78 is 67.4. The van der Waals surface area contributed by atoms with Crippen molar-refractivity contribution in [3.63, 3.8) is 0 Å². The Kier molecular flexibility index (Phi) is 10.2. The molecule has 0 aliphatic carbocycles. The Labute approximate surface area is 308 Å². The standard InChI is InChI=1S/C35H45F3N9O2PS2/c1-23(44-11-13-46(14-12-44)52(4,48)49)19-47-26(18-39)15-28-24(2)25(5-6-30(28)47)20-43-9-7-34(21-43)8-10-45(22-34)31-29-16-27(17-35(36,37)38)51-32(29)41-33(40-31)42-50-3/h5-6,15-16,23,50H,7-14,17,19-22H2,1-4H3,(H,40,41,42)/t23-,34?/m0/s1. The average Bonchev–Trinajstić information content (AvgIpc) is 3.87. The van der Waals surface area contributed by atoms with E-state index >= 15 is 0 Å². The molecule has 3 atom stereocenters. The zero-order chi connectivity index (χ0) is 37.0. The lowest BCUT2D eigenvalue weighted by atomic mass is 9.86. The van der Waals surface area contributed by atoms with Crippen LogP contribution in [0, 0.1) is 23.7 Å². The van der Waals surface area contributed by atoms with E-state index in [-0.39, 0.29) is 16.3 Å². The van der Waals surface area contributed by atoms with Crippen molar-refractivity contribution in [1.82, 2.24) is 28.6 Å². The molecule has 3 aliphatic rings. The lowest BCUT2D eigenvalue weighted by Crippen LogP contribution is -2.51. The molecule has 1 spiro atoms. The van der Waals surface area contributed by atoms with Crippen molar-refractivity contribution in [3.05, 3.63) is 46.0 Å². The molecule has 7 rings (SSSR count). The zero-order valence-electron chi connectivity index (χ0n) is 29.9. The van der Waals surface area contributed by atoms with Crippen LogP contribution in [0.1, 0.15) is 41.5 Å². The smallest absolute Gasteiger partial charge is 0.355 e. The maximum Gasteiger partial charge on any atom is 0.393 e. The molecule has 3 aromatic heterocycles. The highest BCUT2D eigenvalue weighted by Crippen LogP contribution is 2.44. The summed E-state index contributed by atoms with van der Waals surface area (Å²) in [7, 11) is -2.83. The van der Waals surface area contributed by atoms with Crippen LogP contribution in [0.3, 0.4) is 0 Å². The number of piperazine rings is 1. The summed E-state index contributed by atoms with van der Waals surface area (Å²) in [6.45, 7) is 13.4. The fraction of sp³-hybridized carbons (Fsp3) is 0.571. The molecule has 0 saturated carbocycles. The number of nitriles is 1. The molecule has 17 heteroatoms. The second kappa shape index (κ2) is 14.3. The van der Waals surface area contributed by atoms with Crippen LogP contribution >= 0.6 is 20.1 Å². The van der Waals surface area contributed by atoms with Gasteiger partial charge in [0.05, 0.1) is 18.1 Å². The minimum atomic E-state index is -4.28. The van der Waals surface area contributed by atoms with Crippen LogP contribution < -0.4 is 9.99 Å². The van der Waals surface area contributed by atoms with Crippen LogP contribution in [0.4, 0.5) is 24.9 Å². The van der Waals surface area contributed by atoms with Crippen molar-refractivity contribution in [2.24, 2.45) is 5.41 Å². The van der Waals surface area contributed by atoms with Crippen LogP contribution in [0.5, 0.6) is 0 Å². The van der Waals surface area contributed by atoms with Crippen LogP contribution in [-0.2, 0) is 29.5 Å². The molecule has 2 unspecified atom stereocenters. The second-order valence-electron chi connectivity index (χ2n) is 14.7. The van der Waals surface area contributed by atoms with Crippen LogP contribution in [-0.4, -0.2) is 115 Å². The van der Waals surface area contributed by atoms with Gasteiger partial charge >= 0.3 is 6.18 Å². The molecule has 11 nitrogen and oxygen atoms in total. The van der Waals surface area contributed by atoms with Gasteiger partial charge in [0.15, 0.2) is 0 Å². The van der Waals surface area contributed by atoms with Gasteiger partial charge < -0.3 is 14.6 Å². The summed E-state index contributed by atoms with van der Waals surface area (Å²) in [6, 6.07) is 10.5. The first-order valence-electron chi connectivity index (χ1n) is 17.6. The number of rotatable bonds is 10. The number of thiophene rings is 1. The van der Waals surface area contributed by atoms with Gasteiger partial charge in [0.25, 0.3) is 0 Å². The van der Waals surface area contributed by atoms with E-state index in [0.717, 1.165) is 73.6 Å². The monoisotopic (exact) mass is 775 g/mol. The Hall–Kier alpha value is -3.06. The maximum atomic E-state index is 13.3. The topological polar surface area (TPSA) is 114 Å². The minimum absolute atomic E-state index is 0.0699. The number of aryl methyl sites for hydroxylation is 1. The van der Waals surface area contributed by atoms with Gasteiger partial charge in [-0.3, -0.25) is 9.80 Å². The summed E-state index contributed by atoms with van der Waals surface area (Å²) >= 11 is 1.09. The molecular weight excluding hydrogens is 731 g/mol. The van der Waals surface area contributed by atoms with E-state index in [1.165, 1.54) is 21.7 Å². The molecule has 6 heterocycles. The minimum Gasteiger partial charge on any atom is -0.355 e. The first-order chi connectivity index (χ1) is 24.6. The van der Waals surface area contributed by atoms with Gasteiger partial charge in [0, 0.05) is 86.1 Å². The van der Waals surface area contributed by atoms with E-state index in [9.17, 15) is 26.9 Å². The number of halogens is 3. The molecule has 0 amide bonds. The van der Waals surface area contributed by atoms with Crippen molar-refractivity contribution in [1.29, 1.82) is 5.26 Å². The number of hydrogen-bond donors (Lipinski definition) is 1. The normalized spacial score (nSPS) is 21.8. The number of alkyl halides is 3. The lowest BCUT2D eigenvalue weighted by molar-refractivity contribution is -0.126. The van der Waals surface area contributed by atoms with Crippen molar-refractivity contribution in [3.8, 4) is 6.07 Å². The molecular formula is C35H45F3N9O2PS2. The van der Waals surface area contributed by atoms with Gasteiger partial charge in [0.2, 0.25) is 16.0 Å². The summed E-state index contributed by atoms with van der Waals surface area (Å²) in [5.41, 5.74) is 4.12. The van der Waals surface area contributed by atoms with Gasteiger partial charge in [-0.25, -0.2) is 13.4 Å². The van der Waals surface area contributed by atoms with Gasteiger partial charge in [-0.1, -0.05) is 6.07 Å². The zero-order valence-corrected chi connectivity index (χ0v) is 32.6. The number of likely N-dealkylation sites (tertiary alicyclic amines) is 1. The molecule has 3 aliphatic heterocycles. The third-order valence-corrected chi connectivity index (χ3v) is 13.9. The van der Waals surface area contributed by atoms with E-state index < -0.39 is 22.6 Å². The number of nitrogens with one attached hydrogen (secondary N) is 1. The maximum absolute atomic E-state index is 13.3. The van der Waals surface area contributed by atoms with E-state index in [1.807, 2.05) is 12.7 Å². The number of anilines is 2. The number of nitrogens with zero attached hydrogens (tertiary/aromatic N) is 8. The number of fused-ring (bicyclic) bond motifs is 2. The SMILES string of the molecule is CPNc1nc(N2CCC3(CCN(Cc4ccc5c(cc(C#N)n5C[C@H](C)N5CCN(S(C)(=O)=O)CC5)c4C)C3)C2)c2cc(CC(F)(F)F)sc2n1. The molecule has 3 fully saturated rings. The molecule has 0 radical (unpaired) electrons. The fourth-order valence-electron chi connectivity index (χ4n) is 8.34. The van der Waals surface area contributed by atoms with Crippen LogP contribution in [0.2, 0.25) is 0 Å². The van der Waals surface area contributed by atoms with Crippen molar-refractivity contribution in [2.45, 2.75) is 58.4 Å². The highest BCUT2D eigenvalue weighted by molar-refractivity contribution is 7.88. The highest BCUT2D eigenvalue weighted by Gasteiger charge is 2.44.